The maximum absolute atomic E-state index is 11.2. The van der Waals surface area contributed by atoms with Crippen LogP contribution in [-0.2, 0) is 24.7 Å². The molecule has 3 atom stereocenters. The van der Waals surface area contributed by atoms with Gasteiger partial charge in [0, 0.05) is 33.6 Å². The number of aromatic amines is 1. The number of hydrogen-bond acceptors (Lipinski definition) is 3. The van der Waals surface area contributed by atoms with Gasteiger partial charge in [-0.05, 0) is 68.0 Å². The van der Waals surface area contributed by atoms with Crippen molar-refractivity contribution in [1.29, 1.82) is 0 Å². The summed E-state index contributed by atoms with van der Waals surface area (Å²) in [5.41, 5.74) is 6.55. The van der Waals surface area contributed by atoms with Crippen molar-refractivity contribution in [3.8, 4) is 11.5 Å². The molecule has 2 aliphatic carbocycles. The van der Waals surface area contributed by atoms with E-state index in [2.05, 4.69) is 47.1 Å². The number of aromatic nitrogens is 1. The van der Waals surface area contributed by atoms with E-state index in [0.717, 1.165) is 44.3 Å². The number of rotatable bonds is 2. The fraction of sp³-hybridized carbons (Fsp3) is 0.440. The highest BCUT2D eigenvalue weighted by molar-refractivity contribution is 5.85. The molecule has 3 aromatic rings. The zero-order valence-electron chi connectivity index (χ0n) is 17.2. The van der Waals surface area contributed by atoms with Crippen molar-refractivity contribution in [3.63, 3.8) is 0 Å². The standard InChI is InChI=1S/C25H28N2O2/c1-3-27-11-10-25-14-20-17(16-6-4-5-7-19(16)26-20)13-18(25)21(27)12-15-8-9-22(29-2)24(28)23(15)25/h4-9,18,21,26,28H,3,10-14H2,1-2H3/t18-,21-,25-/m0/s1. The van der Waals surface area contributed by atoms with Crippen molar-refractivity contribution < 1.29 is 9.84 Å². The second-order valence-electron chi connectivity index (χ2n) is 9.07. The molecule has 0 radical (unpaired) electrons. The number of ether oxygens (including phenoxy) is 1. The summed E-state index contributed by atoms with van der Waals surface area (Å²) in [5, 5.41) is 12.6. The third-order valence-electron chi connectivity index (χ3n) is 8.09. The summed E-state index contributed by atoms with van der Waals surface area (Å²) in [6.07, 6.45) is 4.16. The van der Waals surface area contributed by atoms with E-state index >= 15 is 0 Å². The van der Waals surface area contributed by atoms with Crippen LogP contribution in [0.2, 0.25) is 0 Å². The van der Waals surface area contributed by atoms with E-state index in [4.69, 9.17) is 4.74 Å². The van der Waals surface area contributed by atoms with Crippen LogP contribution < -0.4 is 4.74 Å². The quantitative estimate of drug-likeness (QED) is 0.692. The lowest BCUT2D eigenvalue weighted by Gasteiger charge is -2.58. The summed E-state index contributed by atoms with van der Waals surface area (Å²) >= 11 is 0. The van der Waals surface area contributed by atoms with E-state index in [-0.39, 0.29) is 5.41 Å². The summed E-state index contributed by atoms with van der Waals surface area (Å²) in [6, 6.07) is 13.4. The Morgan fingerprint density at radius 1 is 1.21 bits per heavy atom. The van der Waals surface area contributed by atoms with E-state index < -0.39 is 0 Å². The van der Waals surface area contributed by atoms with Gasteiger partial charge in [0.05, 0.1) is 7.11 Å². The van der Waals surface area contributed by atoms with Crippen LogP contribution >= 0.6 is 0 Å². The van der Waals surface area contributed by atoms with Crippen molar-refractivity contribution in [1.82, 2.24) is 9.88 Å². The van der Waals surface area contributed by atoms with Crippen molar-refractivity contribution in [3.05, 3.63) is 58.8 Å². The number of phenolic OH excluding ortho intramolecular Hbond substituents is 1. The molecule has 1 saturated heterocycles. The van der Waals surface area contributed by atoms with Gasteiger partial charge in [-0.15, -0.1) is 0 Å². The highest BCUT2D eigenvalue weighted by Crippen LogP contribution is 2.58. The predicted molar refractivity (Wildman–Crippen MR) is 115 cm³/mol. The normalized spacial score (nSPS) is 27.9. The summed E-state index contributed by atoms with van der Waals surface area (Å²) < 4.78 is 5.52. The Bertz CT molecular complexity index is 1120. The molecule has 2 bridgehead atoms. The van der Waals surface area contributed by atoms with Crippen LogP contribution in [0.1, 0.15) is 35.7 Å². The number of benzene rings is 2. The minimum absolute atomic E-state index is 0.0174. The molecule has 2 N–H and O–H groups in total. The molecule has 150 valence electrons. The molecule has 4 heteroatoms. The van der Waals surface area contributed by atoms with Gasteiger partial charge in [0.15, 0.2) is 11.5 Å². The Labute approximate surface area is 171 Å². The van der Waals surface area contributed by atoms with Gasteiger partial charge < -0.3 is 14.8 Å². The SMILES string of the molecule is CCN1CC[C@]23Cc4[nH]c5ccccc5c4C[C@H]2[C@@H]1Cc1ccc(OC)c(O)c13. The van der Waals surface area contributed by atoms with Crippen molar-refractivity contribution >= 4 is 10.9 Å². The highest BCUT2D eigenvalue weighted by Gasteiger charge is 2.56. The molecule has 2 aromatic carbocycles. The fourth-order valence-electron chi connectivity index (χ4n) is 6.84. The molecule has 0 saturated carbocycles. The smallest absolute Gasteiger partial charge is 0.161 e. The van der Waals surface area contributed by atoms with Gasteiger partial charge in [0.25, 0.3) is 0 Å². The fourth-order valence-corrected chi connectivity index (χ4v) is 6.84. The first-order valence-corrected chi connectivity index (χ1v) is 10.9. The van der Waals surface area contributed by atoms with Crippen LogP contribution in [0.5, 0.6) is 11.5 Å². The average Bonchev–Trinajstić information content (AvgIpc) is 3.09. The Balaban J connectivity index is 1.60. The lowest BCUT2D eigenvalue weighted by Crippen LogP contribution is -2.62. The number of nitrogens with zero attached hydrogens (tertiary/aromatic N) is 1. The number of likely N-dealkylation sites (tertiary alicyclic amines) is 1. The van der Waals surface area contributed by atoms with Crippen LogP contribution in [0.25, 0.3) is 10.9 Å². The molecular formula is C25H28N2O2. The molecule has 2 heterocycles. The van der Waals surface area contributed by atoms with Gasteiger partial charge in [-0.1, -0.05) is 31.2 Å². The van der Waals surface area contributed by atoms with Crippen LogP contribution in [0.4, 0.5) is 0 Å². The van der Waals surface area contributed by atoms with E-state index in [1.54, 1.807) is 7.11 Å². The van der Waals surface area contributed by atoms with Crippen LogP contribution in [0.3, 0.4) is 0 Å². The molecule has 0 spiro atoms. The number of aromatic hydroxyl groups is 1. The van der Waals surface area contributed by atoms with Gasteiger partial charge >= 0.3 is 0 Å². The van der Waals surface area contributed by atoms with Gasteiger partial charge in [-0.3, -0.25) is 4.90 Å². The molecule has 0 unspecified atom stereocenters. The predicted octanol–water partition coefficient (Wildman–Crippen LogP) is 4.19. The van der Waals surface area contributed by atoms with Gasteiger partial charge in [0.1, 0.15) is 0 Å². The second kappa shape index (κ2) is 6.02. The Morgan fingerprint density at radius 3 is 2.90 bits per heavy atom. The first-order chi connectivity index (χ1) is 14.2. The third-order valence-corrected chi connectivity index (χ3v) is 8.09. The number of phenols is 1. The number of likely N-dealkylation sites (N-methyl/N-ethyl adjacent to an activating group) is 1. The topological polar surface area (TPSA) is 48.5 Å². The largest absolute Gasteiger partial charge is 0.504 e. The van der Waals surface area contributed by atoms with Gasteiger partial charge in [0.2, 0.25) is 0 Å². The maximum Gasteiger partial charge on any atom is 0.161 e. The van der Waals surface area contributed by atoms with Gasteiger partial charge in [-0.2, -0.15) is 0 Å². The number of H-pyrrole nitrogens is 1. The number of para-hydroxylation sites is 1. The Morgan fingerprint density at radius 2 is 2.07 bits per heavy atom. The number of hydrogen-bond donors (Lipinski definition) is 2. The lowest BCUT2D eigenvalue weighted by atomic mass is 9.52. The minimum atomic E-state index is -0.0174. The van der Waals surface area contributed by atoms with E-state index in [0.29, 0.717) is 23.5 Å². The second-order valence-corrected chi connectivity index (χ2v) is 9.07. The maximum atomic E-state index is 11.2. The molecule has 1 aromatic heterocycles. The van der Waals surface area contributed by atoms with Crippen molar-refractivity contribution in [2.24, 2.45) is 5.92 Å². The van der Waals surface area contributed by atoms with Crippen molar-refractivity contribution in [2.45, 2.75) is 44.1 Å². The molecular weight excluding hydrogens is 360 g/mol. The number of methoxy groups -OCH3 is 1. The van der Waals surface area contributed by atoms with E-state index in [1.807, 2.05) is 6.07 Å². The first kappa shape index (κ1) is 17.4. The summed E-state index contributed by atoms with van der Waals surface area (Å²) in [7, 11) is 1.65. The first-order valence-electron chi connectivity index (χ1n) is 10.9. The van der Waals surface area contributed by atoms with Crippen molar-refractivity contribution in [2.75, 3.05) is 20.2 Å². The zero-order chi connectivity index (χ0) is 19.8. The van der Waals surface area contributed by atoms with E-state index in [9.17, 15) is 5.11 Å². The average molecular weight is 389 g/mol. The van der Waals surface area contributed by atoms with Crippen LogP contribution in [0.15, 0.2) is 36.4 Å². The highest BCUT2D eigenvalue weighted by atomic mass is 16.5. The molecule has 29 heavy (non-hydrogen) atoms. The molecule has 6 rings (SSSR count). The summed E-state index contributed by atoms with van der Waals surface area (Å²) in [6.45, 7) is 4.48. The van der Waals surface area contributed by atoms with Gasteiger partial charge in [-0.25, -0.2) is 0 Å². The number of fused-ring (bicyclic) bond motifs is 4. The van der Waals surface area contributed by atoms with Crippen LogP contribution in [-0.4, -0.2) is 41.2 Å². The molecule has 3 aliphatic rings. The molecule has 1 fully saturated rings. The van der Waals surface area contributed by atoms with Crippen LogP contribution in [0, 0.1) is 5.92 Å². The van der Waals surface area contributed by atoms with E-state index in [1.165, 1.54) is 27.7 Å². The lowest BCUT2D eigenvalue weighted by molar-refractivity contribution is 0.00962. The summed E-state index contributed by atoms with van der Waals surface area (Å²) in [4.78, 5) is 6.40. The monoisotopic (exact) mass is 388 g/mol. The summed E-state index contributed by atoms with van der Waals surface area (Å²) in [5.74, 6) is 1.50. The molecule has 4 nitrogen and oxygen atoms in total. The third kappa shape index (κ3) is 2.18. The number of nitrogens with one attached hydrogen (secondary N) is 1. The Kier molecular flexibility index (Phi) is 3.61. The molecule has 1 aliphatic heterocycles. The minimum Gasteiger partial charge on any atom is -0.504 e. The number of piperidine rings is 1. The zero-order valence-corrected chi connectivity index (χ0v) is 17.2. The Hall–Kier alpha value is -2.46. The molecule has 0 amide bonds.